The summed E-state index contributed by atoms with van der Waals surface area (Å²) in [6.45, 7) is 2.83. The number of nitrogens with two attached hydrogens (primary N) is 1. The summed E-state index contributed by atoms with van der Waals surface area (Å²) in [7, 11) is 0. The number of allylic oxidation sites excluding steroid dienone is 2. The van der Waals surface area contributed by atoms with Crippen LogP contribution in [0.4, 0.5) is 5.95 Å². The largest absolute Gasteiger partial charge is 0.463 e. The molecule has 0 aliphatic carbocycles. The van der Waals surface area contributed by atoms with E-state index in [9.17, 15) is 9.59 Å². The van der Waals surface area contributed by atoms with Gasteiger partial charge in [0.05, 0.1) is 12.9 Å². The molecule has 0 spiro atoms. The Morgan fingerprint density at radius 1 is 1.00 bits per heavy atom. The average molecular weight is 490 g/mol. The van der Waals surface area contributed by atoms with Crippen molar-refractivity contribution in [2.24, 2.45) is 0 Å². The van der Waals surface area contributed by atoms with E-state index in [2.05, 4.69) is 34.0 Å². The molecule has 2 aromatic rings. The first-order chi connectivity index (χ1) is 17.1. The van der Waals surface area contributed by atoms with Gasteiger partial charge in [0.15, 0.2) is 11.2 Å². The third-order valence-corrected chi connectivity index (χ3v) is 5.86. The molecule has 0 unspecified atom stereocenters. The molecule has 0 aliphatic heterocycles. The third-order valence-electron chi connectivity index (χ3n) is 5.86. The molecule has 0 amide bonds. The van der Waals surface area contributed by atoms with Crippen LogP contribution in [0.1, 0.15) is 96.8 Å². The zero-order valence-electron chi connectivity index (χ0n) is 21.3. The van der Waals surface area contributed by atoms with Crippen LogP contribution in [0, 0.1) is 0 Å². The van der Waals surface area contributed by atoms with Gasteiger partial charge >= 0.3 is 5.97 Å². The lowest BCUT2D eigenvalue weighted by Crippen LogP contribution is -2.14. The average Bonchev–Trinajstić information content (AvgIpc) is 3.24. The fraction of sp³-hybridized carbons (Fsp3) is 0.692. The summed E-state index contributed by atoms with van der Waals surface area (Å²) in [6, 6.07) is 0. The number of aromatic amines is 1. The van der Waals surface area contributed by atoms with Crippen LogP contribution in [0.3, 0.4) is 0 Å². The molecular weight excluding hydrogens is 446 g/mol. The Labute approximate surface area is 208 Å². The van der Waals surface area contributed by atoms with Gasteiger partial charge < -0.3 is 15.2 Å². The molecule has 0 aromatic carbocycles. The van der Waals surface area contributed by atoms with E-state index in [1.165, 1.54) is 64.1 Å². The van der Waals surface area contributed by atoms with Crippen molar-refractivity contribution < 1.29 is 14.3 Å². The minimum atomic E-state index is -0.393. The van der Waals surface area contributed by atoms with Crippen LogP contribution in [0.5, 0.6) is 0 Å². The number of anilines is 1. The lowest BCUT2D eigenvalue weighted by molar-refractivity contribution is -0.145. The molecule has 9 heteroatoms. The van der Waals surface area contributed by atoms with Crippen molar-refractivity contribution in [2.75, 3.05) is 18.9 Å². The molecule has 9 nitrogen and oxygen atoms in total. The van der Waals surface area contributed by atoms with Crippen LogP contribution in [0.15, 0.2) is 23.3 Å². The van der Waals surface area contributed by atoms with Crippen molar-refractivity contribution in [1.29, 1.82) is 0 Å². The quantitative estimate of drug-likeness (QED) is 0.148. The van der Waals surface area contributed by atoms with E-state index in [1.54, 1.807) is 4.57 Å². The Kier molecular flexibility index (Phi) is 14.5. The molecule has 0 bridgehead atoms. The SMILES string of the molecule is CCCCCCCC/C=C/CCCCCCCC(=O)OCCOCn1cnc2c(=O)[nH]c(N)nc21. The van der Waals surface area contributed by atoms with Gasteiger partial charge in [-0.05, 0) is 32.1 Å². The third kappa shape index (κ3) is 12.0. The number of rotatable bonds is 20. The summed E-state index contributed by atoms with van der Waals surface area (Å²) < 4.78 is 12.3. The van der Waals surface area contributed by atoms with Gasteiger partial charge in [-0.25, -0.2) is 4.98 Å². The van der Waals surface area contributed by atoms with Crippen molar-refractivity contribution >= 4 is 23.1 Å². The molecule has 0 atom stereocenters. The van der Waals surface area contributed by atoms with Crippen molar-refractivity contribution in [2.45, 2.75) is 104 Å². The standard InChI is InChI=1S/C26H43N5O4/c1-2-3-4-5-6-7-8-9-10-11-12-13-14-15-16-17-22(32)35-19-18-34-21-31-20-28-23-24(31)29-26(27)30-25(23)33/h9-10,20H,2-8,11-19,21H2,1H3,(H3,27,29,30,33)/b10-9+. The highest BCUT2D eigenvalue weighted by molar-refractivity contribution is 5.70. The van der Waals surface area contributed by atoms with E-state index in [1.807, 2.05) is 0 Å². The molecule has 0 aliphatic rings. The lowest BCUT2D eigenvalue weighted by atomic mass is 10.1. The first kappa shape index (κ1) is 28.6. The number of carbonyl (C=O) groups excluding carboxylic acids is 1. The molecule has 2 rings (SSSR count). The van der Waals surface area contributed by atoms with Crippen LogP contribution >= 0.6 is 0 Å². The van der Waals surface area contributed by atoms with Crippen molar-refractivity contribution in [3.05, 3.63) is 28.8 Å². The normalized spacial score (nSPS) is 11.6. The number of hydrogen-bond donors (Lipinski definition) is 2. The molecular formula is C26H43N5O4. The van der Waals surface area contributed by atoms with E-state index in [4.69, 9.17) is 15.2 Å². The minimum Gasteiger partial charge on any atom is -0.463 e. The van der Waals surface area contributed by atoms with Crippen molar-refractivity contribution in [3.63, 3.8) is 0 Å². The zero-order valence-corrected chi connectivity index (χ0v) is 21.3. The summed E-state index contributed by atoms with van der Waals surface area (Å²) in [5.41, 5.74) is 5.73. The Bertz CT molecular complexity index is 937. The van der Waals surface area contributed by atoms with E-state index < -0.39 is 5.56 Å². The molecule has 2 heterocycles. The number of nitrogens with zero attached hydrogens (tertiary/aromatic N) is 3. The van der Waals surface area contributed by atoms with Crippen molar-refractivity contribution in [3.8, 4) is 0 Å². The summed E-state index contributed by atoms with van der Waals surface area (Å²) >= 11 is 0. The van der Waals surface area contributed by atoms with Gasteiger partial charge in [0.1, 0.15) is 13.3 Å². The first-order valence-corrected chi connectivity index (χ1v) is 13.2. The van der Waals surface area contributed by atoms with Crippen LogP contribution in [0.25, 0.3) is 11.2 Å². The smallest absolute Gasteiger partial charge is 0.305 e. The number of imidazole rings is 1. The fourth-order valence-corrected chi connectivity index (χ4v) is 3.85. The van der Waals surface area contributed by atoms with E-state index >= 15 is 0 Å². The minimum absolute atomic E-state index is 0.0221. The van der Waals surface area contributed by atoms with Gasteiger partial charge in [0.2, 0.25) is 5.95 Å². The van der Waals surface area contributed by atoms with Gasteiger partial charge in [-0.1, -0.05) is 70.4 Å². The van der Waals surface area contributed by atoms with Crippen LogP contribution in [0.2, 0.25) is 0 Å². The van der Waals surface area contributed by atoms with E-state index in [0.29, 0.717) is 12.1 Å². The van der Waals surface area contributed by atoms with Crippen LogP contribution in [-0.4, -0.2) is 38.7 Å². The maximum absolute atomic E-state index is 11.9. The Hall–Kier alpha value is -2.68. The van der Waals surface area contributed by atoms with Gasteiger partial charge in [-0.3, -0.25) is 19.1 Å². The Balaban J connectivity index is 1.39. The molecule has 0 radical (unpaired) electrons. The van der Waals surface area contributed by atoms with Crippen molar-refractivity contribution in [1.82, 2.24) is 19.5 Å². The number of nitrogens with one attached hydrogen (secondary N) is 1. The highest BCUT2D eigenvalue weighted by Gasteiger charge is 2.09. The van der Waals surface area contributed by atoms with Gasteiger partial charge in [-0.2, -0.15) is 4.98 Å². The Morgan fingerprint density at radius 3 is 2.37 bits per heavy atom. The maximum atomic E-state index is 11.9. The highest BCUT2D eigenvalue weighted by atomic mass is 16.6. The summed E-state index contributed by atoms with van der Waals surface area (Å²) in [4.78, 5) is 34.1. The fourth-order valence-electron chi connectivity index (χ4n) is 3.85. The highest BCUT2D eigenvalue weighted by Crippen LogP contribution is 2.10. The van der Waals surface area contributed by atoms with E-state index in [-0.39, 0.29) is 37.4 Å². The molecule has 0 saturated carbocycles. The number of hydrogen-bond acceptors (Lipinski definition) is 7. The predicted octanol–water partition coefficient (Wildman–Crippen LogP) is 5.26. The summed E-state index contributed by atoms with van der Waals surface area (Å²) in [5.74, 6) is -0.172. The monoisotopic (exact) mass is 489 g/mol. The second-order valence-corrected chi connectivity index (χ2v) is 8.93. The van der Waals surface area contributed by atoms with Gasteiger partial charge in [0.25, 0.3) is 5.56 Å². The Morgan fingerprint density at radius 2 is 1.66 bits per heavy atom. The van der Waals surface area contributed by atoms with Crippen LogP contribution < -0.4 is 11.3 Å². The number of ether oxygens (including phenoxy) is 2. The number of aromatic nitrogens is 4. The molecule has 2 aromatic heterocycles. The molecule has 3 N–H and O–H groups in total. The number of esters is 1. The topological polar surface area (TPSA) is 125 Å². The molecule has 196 valence electrons. The summed E-state index contributed by atoms with van der Waals surface area (Å²) in [6.07, 6.45) is 22.6. The van der Waals surface area contributed by atoms with E-state index in [0.717, 1.165) is 25.7 Å². The number of H-pyrrole nitrogens is 1. The van der Waals surface area contributed by atoms with Gasteiger partial charge in [0, 0.05) is 6.42 Å². The lowest BCUT2D eigenvalue weighted by Gasteiger charge is -2.07. The number of nitrogen functional groups attached to an aromatic ring is 1. The number of fused-ring (bicyclic) bond motifs is 1. The predicted molar refractivity (Wildman–Crippen MR) is 139 cm³/mol. The zero-order chi connectivity index (χ0) is 25.1. The molecule has 35 heavy (non-hydrogen) atoms. The second-order valence-electron chi connectivity index (χ2n) is 8.93. The van der Waals surface area contributed by atoms with Gasteiger partial charge in [-0.15, -0.1) is 0 Å². The van der Waals surface area contributed by atoms with Crippen LogP contribution in [-0.2, 0) is 21.0 Å². The number of unbranched alkanes of at least 4 members (excludes halogenated alkanes) is 11. The maximum Gasteiger partial charge on any atom is 0.305 e. The second kappa shape index (κ2) is 17.7. The first-order valence-electron chi connectivity index (χ1n) is 13.2. The molecule has 0 fully saturated rings. The summed E-state index contributed by atoms with van der Waals surface area (Å²) in [5, 5.41) is 0. The number of carbonyl (C=O) groups is 1. The molecule has 0 saturated heterocycles.